The smallest absolute Gasteiger partial charge is 0.244 e. The highest BCUT2D eigenvalue weighted by atomic mass is 16.5. The molecule has 0 spiro atoms. The second-order valence-electron chi connectivity index (χ2n) is 4.96. The van der Waals surface area contributed by atoms with Crippen LogP contribution in [0.1, 0.15) is 12.5 Å². The first-order valence-electron chi connectivity index (χ1n) is 7.66. The highest BCUT2D eigenvalue weighted by Gasteiger charge is 2.02. The van der Waals surface area contributed by atoms with E-state index in [1.165, 1.54) is 0 Å². The molecule has 0 unspecified atom stereocenters. The molecule has 0 aliphatic heterocycles. The lowest BCUT2D eigenvalue weighted by Crippen LogP contribution is -2.06. The summed E-state index contributed by atoms with van der Waals surface area (Å²) in [6, 6.07) is 11.5. The van der Waals surface area contributed by atoms with Crippen LogP contribution in [0.5, 0.6) is 5.75 Å². The van der Waals surface area contributed by atoms with E-state index < -0.39 is 0 Å². The van der Waals surface area contributed by atoms with Crippen LogP contribution in [0.2, 0.25) is 0 Å². The second-order valence-corrected chi connectivity index (χ2v) is 4.96. The third kappa shape index (κ3) is 4.39. The van der Waals surface area contributed by atoms with Gasteiger partial charge >= 0.3 is 0 Å². The lowest BCUT2D eigenvalue weighted by atomic mass is 10.3. The first kappa shape index (κ1) is 15.7. The Morgan fingerprint density at radius 1 is 1.04 bits per heavy atom. The van der Waals surface area contributed by atoms with E-state index >= 15 is 0 Å². The molecule has 24 heavy (non-hydrogen) atoms. The van der Waals surface area contributed by atoms with Crippen LogP contribution >= 0.6 is 0 Å². The van der Waals surface area contributed by atoms with Crippen LogP contribution in [0.25, 0.3) is 0 Å². The van der Waals surface area contributed by atoms with Crippen molar-refractivity contribution in [3.63, 3.8) is 0 Å². The second kappa shape index (κ2) is 7.87. The molecule has 0 fully saturated rings. The number of pyridine rings is 1. The molecule has 1 aromatic carbocycles. The van der Waals surface area contributed by atoms with Crippen LogP contribution in [0.3, 0.4) is 0 Å². The summed E-state index contributed by atoms with van der Waals surface area (Å²) in [5, 5.41) is 14.3. The molecule has 0 radical (unpaired) electrons. The average Bonchev–Trinajstić information content (AvgIpc) is 2.63. The van der Waals surface area contributed by atoms with Gasteiger partial charge in [-0.25, -0.2) is 0 Å². The molecule has 2 heterocycles. The minimum Gasteiger partial charge on any atom is -0.494 e. The highest BCUT2D eigenvalue weighted by Crippen LogP contribution is 2.19. The number of rotatable bonds is 7. The Labute approximate surface area is 140 Å². The van der Waals surface area contributed by atoms with E-state index in [9.17, 15) is 0 Å². The molecule has 0 aliphatic rings. The molecular formula is C17H18N6O. The molecule has 0 aliphatic carbocycles. The maximum Gasteiger partial charge on any atom is 0.244 e. The number of nitrogens with one attached hydrogen (secondary N) is 2. The normalized spacial score (nSPS) is 10.2. The van der Waals surface area contributed by atoms with Gasteiger partial charge in [0.2, 0.25) is 5.95 Å². The van der Waals surface area contributed by atoms with Crippen molar-refractivity contribution in [2.75, 3.05) is 17.2 Å². The zero-order valence-electron chi connectivity index (χ0n) is 13.3. The molecule has 0 bridgehead atoms. The zero-order valence-corrected chi connectivity index (χ0v) is 13.3. The Bertz CT molecular complexity index is 764. The molecule has 7 heteroatoms. The molecule has 0 saturated heterocycles. The Morgan fingerprint density at radius 2 is 1.83 bits per heavy atom. The van der Waals surface area contributed by atoms with Crippen molar-refractivity contribution >= 4 is 17.5 Å². The Balaban J connectivity index is 1.62. The number of nitrogens with zero attached hydrogens (tertiary/aromatic N) is 4. The first-order valence-corrected chi connectivity index (χ1v) is 7.66. The van der Waals surface area contributed by atoms with Gasteiger partial charge in [-0.2, -0.15) is 10.1 Å². The Morgan fingerprint density at radius 3 is 2.58 bits per heavy atom. The summed E-state index contributed by atoms with van der Waals surface area (Å²) in [6.07, 6.45) is 5.08. The fraction of sp³-hybridized carbons (Fsp3) is 0.176. The molecular weight excluding hydrogens is 304 g/mol. The average molecular weight is 322 g/mol. The minimum absolute atomic E-state index is 0.461. The summed E-state index contributed by atoms with van der Waals surface area (Å²) in [5.41, 5.74) is 2.00. The largest absolute Gasteiger partial charge is 0.494 e. The summed E-state index contributed by atoms with van der Waals surface area (Å²) in [4.78, 5) is 8.39. The van der Waals surface area contributed by atoms with Gasteiger partial charge in [-0.3, -0.25) is 4.98 Å². The molecule has 2 aromatic heterocycles. The third-order valence-electron chi connectivity index (χ3n) is 3.20. The summed E-state index contributed by atoms with van der Waals surface area (Å²) < 4.78 is 5.42. The van der Waals surface area contributed by atoms with Crippen molar-refractivity contribution in [1.29, 1.82) is 0 Å². The minimum atomic E-state index is 0.461. The van der Waals surface area contributed by atoms with Gasteiger partial charge in [0.25, 0.3) is 0 Å². The Hall–Kier alpha value is -3.22. The molecule has 7 nitrogen and oxygen atoms in total. The number of anilines is 3. The van der Waals surface area contributed by atoms with Crippen molar-refractivity contribution in [3.05, 3.63) is 60.6 Å². The summed E-state index contributed by atoms with van der Waals surface area (Å²) >= 11 is 0. The monoisotopic (exact) mass is 322 g/mol. The van der Waals surface area contributed by atoms with Crippen molar-refractivity contribution < 1.29 is 4.74 Å². The summed E-state index contributed by atoms with van der Waals surface area (Å²) in [6.45, 7) is 3.21. The van der Waals surface area contributed by atoms with Crippen LogP contribution in [-0.4, -0.2) is 26.8 Å². The number of hydrogen-bond donors (Lipinski definition) is 2. The molecule has 122 valence electrons. The lowest BCUT2D eigenvalue weighted by Gasteiger charge is -2.08. The highest BCUT2D eigenvalue weighted by molar-refractivity contribution is 5.57. The van der Waals surface area contributed by atoms with E-state index in [-0.39, 0.29) is 0 Å². The molecule has 3 aromatic rings. The van der Waals surface area contributed by atoms with E-state index in [1.54, 1.807) is 18.6 Å². The van der Waals surface area contributed by atoms with Crippen LogP contribution in [0.4, 0.5) is 17.5 Å². The van der Waals surface area contributed by atoms with Crippen molar-refractivity contribution in [2.45, 2.75) is 13.5 Å². The standard InChI is InChI=1S/C17H18N6O/c1-2-24-15-5-3-14(4-6-15)21-16-12-20-23-17(22-16)19-11-13-7-9-18-10-8-13/h3-10,12H,2,11H2,1H3,(H2,19,21,22,23). The molecule has 2 N–H and O–H groups in total. The van der Waals surface area contributed by atoms with Gasteiger partial charge in [-0.15, -0.1) is 5.10 Å². The van der Waals surface area contributed by atoms with Gasteiger partial charge in [0.15, 0.2) is 5.82 Å². The van der Waals surface area contributed by atoms with Gasteiger partial charge in [-0.05, 0) is 48.9 Å². The number of benzene rings is 1. The van der Waals surface area contributed by atoms with E-state index in [2.05, 4.69) is 30.8 Å². The van der Waals surface area contributed by atoms with Crippen LogP contribution in [0, 0.1) is 0 Å². The fourth-order valence-corrected chi connectivity index (χ4v) is 2.07. The quantitative estimate of drug-likeness (QED) is 0.691. The van der Waals surface area contributed by atoms with E-state index in [4.69, 9.17) is 4.74 Å². The van der Waals surface area contributed by atoms with Crippen LogP contribution in [-0.2, 0) is 6.54 Å². The molecule has 3 rings (SSSR count). The maximum atomic E-state index is 5.42. The van der Waals surface area contributed by atoms with Gasteiger partial charge < -0.3 is 15.4 Å². The van der Waals surface area contributed by atoms with Gasteiger partial charge in [0.1, 0.15) is 5.75 Å². The lowest BCUT2D eigenvalue weighted by molar-refractivity contribution is 0.340. The number of aromatic nitrogens is 4. The fourth-order valence-electron chi connectivity index (χ4n) is 2.07. The predicted octanol–water partition coefficient (Wildman–Crippen LogP) is 3.02. The molecule has 0 atom stereocenters. The van der Waals surface area contributed by atoms with Crippen molar-refractivity contribution in [3.8, 4) is 5.75 Å². The molecule has 0 amide bonds. The van der Waals surface area contributed by atoms with Crippen LogP contribution in [0.15, 0.2) is 55.0 Å². The third-order valence-corrected chi connectivity index (χ3v) is 3.20. The van der Waals surface area contributed by atoms with Gasteiger partial charge in [-0.1, -0.05) is 0 Å². The number of hydrogen-bond acceptors (Lipinski definition) is 7. The molecule has 0 saturated carbocycles. The maximum absolute atomic E-state index is 5.42. The van der Waals surface area contributed by atoms with Gasteiger partial charge in [0, 0.05) is 24.6 Å². The van der Waals surface area contributed by atoms with E-state index in [0.29, 0.717) is 24.9 Å². The summed E-state index contributed by atoms with van der Waals surface area (Å²) in [7, 11) is 0. The van der Waals surface area contributed by atoms with Crippen molar-refractivity contribution in [2.24, 2.45) is 0 Å². The van der Waals surface area contributed by atoms with E-state index in [1.807, 2.05) is 43.3 Å². The van der Waals surface area contributed by atoms with Gasteiger partial charge in [0.05, 0.1) is 12.8 Å². The Kier molecular flexibility index (Phi) is 5.14. The van der Waals surface area contributed by atoms with Crippen LogP contribution < -0.4 is 15.4 Å². The predicted molar refractivity (Wildman–Crippen MR) is 92.3 cm³/mol. The van der Waals surface area contributed by atoms with E-state index in [0.717, 1.165) is 17.0 Å². The zero-order chi connectivity index (χ0) is 16.6. The topological polar surface area (TPSA) is 84.9 Å². The SMILES string of the molecule is CCOc1ccc(Nc2cnnc(NCc3ccncc3)n2)cc1. The summed E-state index contributed by atoms with van der Waals surface area (Å²) in [5.74, 6) is 1.91. The number of ether oxygens (including phenoxy) is 1. The van der Waals surface area contributed by atoms with Crippen molar-refractivity contribution in [1.82, 2.24) is 20.2 Å². The first-order chi connectivity index (χ1) is 11.8.